The van der Waals surface area contributed by atoms with Gasteiger partial charge < -0.3 is 10.1 Å². The fourth-order valence-electron chi connectivity index (χ4n) is 2.77. The van der Waals surface area contributed by atoms with Crippen LogP contribution in [0.15, 0.2) is 60.8 Å². The summed E-state index contributed by atoms with van der Waals surface area (Å²) < 4.78 is 30.2. The van der Waals surface area contributed by atoms with Crippen LogP contribution in [0, 0.1) is 0 Å². The maximum atomic E-state index is 12.8. The average molecular weight is 413 g/mol. The van der Waals surface area contributed by atoms with Gasteiger partial charge in [0.05, 0.1) is 24.1 Å². The Bertz CT molecular complexity index is 1070. The van der Waals surface area contributed by atoms with Crippen LogP contribution < -0.4 is 10.1 Å². The van der Waals surface area contributed by atoms with E-state index in [1.165, 1.54) is 0 Å². The predicted molar refractivity (Wildman–Crippen MR) is 112 cm³/mol. The van der Waals surface area contributed by atoms with Gasteiger partial charge in [0.15, 0.2) is 9.84 Å². The van der Waals surface area contributed by atoms with Crippen LogP contribution in [0.4, 0.5) is 0 Å². The summed E-state index contributed by atoms with van der Waals surface area (Å²) in [5.41, 5.74) is 2.45. The van der Waals surface area contributed by atoms with Gasteiger partial charge in [-0.25, -0.2) is 13.1 Å². The van der Waals surface area contributed by atoms with Crippen LogP contribution in [0.25, 0.3) is 16.9 Å². The Labute approximate surface area is 170 Å². The third-order valence-corrected chi connectivity index (χ3v) is 6.19. The number of aromatic nitrogens is 2. The molecule has 0 aliphatic carbocycles. The fourth-order valence-corrected chi connectivity index (χ4v) is 3.48. The fraction of sp³-hybridized carbons (Fsp3) is 0.238. The van der Waals surface area contributed by atoms with Crippen LogP contribution in [0.2, 0.25) is 0 Å². The highest BCUT2D eigenvalue weighted by molar-refractivity contribution is 7.91. The van der Waals surface area contributed by atoms with Crippen LogP contribution in [0.3, 0.4) is 0 Å². The number of nitrogens with one attached hydrogen (secondary N) is 1. The zero-order valence-corrected chi connectivity index (χ0v) is 17.1. The first-order valence-corrected chi connectivity index (χ1v) is 11.0. The molecule has 7 nitrogen and oxygen atoms in total. The van der Waals surface area contributed by atoms with Crippen LogP contribution in [0.5, 0.6) is 5.75 Å². The zero-order valence-electron chi connectivity index (χ0n) is 16.3. The molecule has 1 N–H and O–H groups in total. The Morgan fingerprint density at radius 3 is 2.41 bits per heavy atom. The van der Waals surface area contributed by atoms with E-state index in [2.05, 4.69) is 10.4 Å². The van der Waals surface area contributed by atoms with E-state index < -0.39 is 9.84 Å². The first-order valence-electron chi connectivity index (χ1n) is 9.21. The van der Waals surface area contributed by atoms with Gasteiger partial charge in [-0.05, 0) is 36.4 Å². The van der Waals surface area contributed by atoms with Crippen molar-refractivity contribution in [3.05, 3.63) is 66.4 Å². The molecule has 0 unspecified atom stereocenters. The number of nitrogens with zero attached hydrogens (tertiary/aromatic N) is 2. The van der Waals surface area contributed by atoms with E-state index >= 15 is 0 Å². The first-order chi connectivity index (χ1) is 13.9. The first kappa shape index (κ1) is 20.6. The molecule has 8 heteroatoms. The Balaban J connectivity index is 1.93. The van der Waals surface area contributed by atoms with Crippen molar-refractivity contribution in [1.29, 1.82) is 0 Å². The van der Waals surface area contributed by atoms with E-state index in [4.69, 9.17) is 4.74 Å². The zero-order chi connectivity index (χ0) is 20.9. The third kappa shape index (κ3) is 5.03. The van der Waals surface area contributed by atoms with Crippen molar-refractivity contribution in [3.8, 4) is 22.7 Å². The van der Waals surface area contributed by atoms with Crippen molar-refractivity contribution < 1.29 is 17.9 Å². The van der Waals surface area contributed by atoms with Gasteiger partial charge in [-0.2, -0.15) is 5.10 Å². The summed E-state index contributed by atoms with van der Waals surface area (Å²) in [5.74, 6) is 0.280. The second kappa shape index (κ2) is 8.91. The largest absolute Gasteiger partial charge is 0.497 e. The van der Waals surface area contributed by atoms with E-state index in [-0.39, 0.29) is 24.0 Å². The Kier molecular flexibility index (Phi) is 6.33. The third-order valence-electron chi connectivity index (χ3n) is 4.48. The normalized spacial score (nSPS) is 11.2. The molecule has 0 aliphatic heterocycles. The lowest BCUT2D eigenvalue weighted by molar-refractivity contribution is 0.0956. The number of hydrogen-bond acceptors (Lipinski definition) is 5. The molecular weight excluding hydrogens is 390 g/mol. The summed E-state index contributed by atoms with van der Waals surface area (Å²) in [5, 5.41) is 7.29. The lowest BCUT2D eigenvalue weighted by Crippen LogP contribution is -2.29. The van der Waals surface area contributed by atoms with Crippen LogP contribution >= 0.6 is 0 Å². The molecule has 29 heavy (non-hydrogen) atoms. The minimum absolute atomic E-state index is 0.0475. The molecule has 1 heterocycles. The average Bonchev–Trinajstić information content (AvgIpc) is 3.20. The summed E-state index contributed by atoms with van der Waals surface area (Å²) in [6.45, 7) is 1.64. The van der Waals surface area contributed by atoms with Gasteiger partial charge in [-0.15, -0.1) is 0 Å². The van der Waals surface area contributed by atoms with Crippen LogP contribution in [0.1, 0.15) is 17.3 Å². The molecule has 0 fully saturated rings. The molecule has 1 aromatic heterocycles. The lowest BCUT2D eigenvalue weighted by atomic mass is 10.1. The topological polar surface area (TPSA) is 90.3 Å². The SMILES string of the molecule is CCS(=O)(=O)CCNC(=O)c1cn(-c2ccccc2)nc1-c1ccc(OC)cc1. The summed E-state index contributed by atoms with van der Waals surface area (Å²) in [7, 11) is -1.57. The summed E-state index contributed by atoms with van der Waals surface area (Å²) in [4.78, 5) is 12.8. The number of amides is 1. The number of sulfone groups is 1. The second-order valence-corrected chi connectivity index (χ2v) is 8.87. The van der Waals surface area contributed by atoms with Gasteiger partial charge in [-0.1, -0.05) is 25.1 Å². The molecule has 0 radical (unpaired) electrons. The smallest absolute Gasteiger partial charge is 0.255 e. The number of methoxy groups -OCH3 is 1. The van der Waals surface area contributed by atoms with Crippen LogP contribution in [-0.2, 0) is 9.84 Å². The van der Waals surface area contributed by atoms with E-state index in [1.807, 2.05) is 42.5 Å². The van der Waals surface area contributed by atoms with Crippen molar-refractivity contribution in [2.24, 2.45) is 0 Å². The molecule has 0 spiro atoms. The molecule has 0 aliphatic rings. The number of para-hydroxylation sites is 1. The minimum Gasteiger partial charge on any atom is -0.497 e. The number of benzene rings is 2. The van der Waals surface area contributed by atoms with Gasteiger partial charge in [0.1, 0.15) is 11.4 Å². The molecule has 152 valence electrons. The predicted octanol–water partition coefficient (Wildman–Crippen LogP) is 2.71. The lowest BCUT2D eigenvalue weighted by Gasteiger charge is -2.06. The van der Waals surface area contributed by atoms with Crippen LogP contribution in [-0.4, -0.2) is 49.3 Å². The van der Waals surface area contributed by atoms with Gasteiger partial charge >= 0.3 is 0 Å². The highest BCUT2D eigenvalue weighted by Gasteiger charge is 2.19. The molecule has 3 rings (SSSR count). The number of carbonyl (C=O) groups excluding carboxylic acids is 1. The van der Waals surface area contributed by atoms with Crippen molar-refractivity contribution in [1.82, 2.24) is 15.1 Å². The molecule has 2 aromatic carbocycles. The van der Waals surface area contributed by atoms with Gasteiger partial charge in [-0.3, -0.25) is 4.79 Å². The number of rotatable bonds is 8. The molecule has 0 atom stereocenters. The molecule has 0 bridgehead atoms. The van der Waals surface area contributed by atoms with E-state index in [1.54, 1.807) is 37.0 Å². The Morgan fingerprint density at radius 1 is 1.10 bits per heavy atom. The standard InChI is InChI=1S/C21H23N3O4S/c1-3-29(26,27)14-13-22-21(25)19-15-24(17-7-5-4-6-8-17)23-20(19)16-9-11-18(28-2)12-10-16/h4-12,15H,3,13-14H2,1-2H3,(H,22,25). The summed E-state index contributed by atoms with van der Waals surface area (Å²) >= 11 is 0. The Hall–Kier alpha value is -3.13. The van der Waals surface area contributed by atoms with E-state index in [0.717, 1.165) is 11.3 Å². The quantitative estimate of drug-likeness (QED) is 0.613. The number of hydrogen-bond donors (Lipinski definition) is 1. The molecule has 0 saturated heterocycles. The van der Waals surface area contributed by atoms with Gasteiger partial charge in [0.2, 0.25) is 0 Å². The highest BCUT2D eigenvalue weighted by Crippen LogP contribution is 2.25. The van der Waals surface area contributed by atoms with Gasteiger partial charge in [0, 0.05) is 24.1 Å². The highest BCUT2D eigenvalue weighted by atomic mass is 32.2. The second-order valence-electron chi connectivity index (χ2n) is 6.39. The Morgan fingerprint density at radius 2 is 1.79 bits per heavy atom. The molecule has 3 aromatic rings. The number of carbonyl (C=O) groups is 1. The number of ether oxygens (including phenoxy) is 1. The maximum absolute atomic E-state index is 12.8. The van der Waals surface area contributed by atoms with E-state index in [0.29, 0.717) is 17.0 Å². The minimum atomic E-state index is -3.15. The van der Waals surface area contributed by atoms with Crippen molar-refractivity contribution >= 4 is 15.7 Å². The molecule has 1 amide bonds. The summed E-state index contributed by atoms with van der Waals surface area (Å²) in [6, 6.07) is 16.7. The monoisotopic (exact) mass is 413 g/mol. The van der Waals surface area contributed by atoms with Crippen molar-refractivity contribution in [2.45, 2.75) is 6.92 Å². The maximum Gasteiger partial charge on any atom is 0.255 e. The van der Waals surface area contributed by atoms with Crippen molar-refractivity contribution in [2.75, 3.05) is 25.2 Å². The summed E-state index contributed by atoms with van der Waals surface area (Å²) in [6.07, 6.45) is 1.65. The molecule has 0 saturated carbocycles. The van der Waals surface area contributed by atoms with E-state index in [9.17, 15) is 13.2 Å². The van der Waals surface area contributed by atoms with Crippen molar-refractivity contribution in [3.63, 3.8) is 0 Å². The molecular formula is C21H23N3O4S. The van der Waals surface area contributed by atoms with Gasteiger partial charge in [0.25, 0.3) is 5.91 Å².